The van der Waals surface area contributed by atoms with E-state index in [-0.39, 0.29) is 17.6 Å². The molecule has 1 amide bonds. The summed E-state index contributed by atoms with van der Waals surface area (Å²) >= 11 is 0. The average Bonchev–Trinajstić information content (AvgIpc) is 2.65. The van der Waals surface area contributed by atoms with E-state index in [9.17, 15) is 14.3 Å². The lowest BCUT2D eigenvalue weighted by atomic mass is 10.1. The minimum Gasteiger partial charge on any atom is -0.457 e. The number of benzene rings is 2. The van der Waals surface area contributed by atoms with Crippen LogP contribution in [0, 0.1) is 5.82 Å². The number of likely N-dealkylation sites (tertiary alicyclic amines) is 1. The van der Waals surface area contributed by atoms with E-state index >= 15 is 0 Å². The predicted octanol–water partition coefficient (Wildman–Crippen LogP) is 2.72. The van der Waals surface area contributed by atoms with Crippen LogP contribution < -0.4 is 10.5 Å². The van der Waals surface area contributed by atoms with Crippen LogP contribution in [0.3, 0.4) is 0 Å². The van der Waals surface area contributed by atoms with Crippen molar-refractivity contribution >= 4 is 5.91 Å². The maximum absolute atomic E-state index is 14.2. The average molecular weight is 358 g/mol. The SMILES string of the molecule is NCCc1ccc(Oc2ccc(F)c(C(=O)N3CCC(O)CC3)c2)cc1. The summed E-state index contributed by atoms with van der Waals surface area (Å²) in [5.74, 6) is 0.0557. The van der Waals surface area contributed by atoms with Gasteiger partial charge in [0.15, 0.2) is 0 Å². The topological polar surface area (TPSA) is 75.8 Å². The summed E-state index contributed by atoms with van der Waals surface area (Å²) in [6, 6.07) is 11.7. The van der Waals surface area contributed by atoms with Crippen LogP contribution in [0.2, 0.25) is 0 Å². The molecule has 1 saturated heterocycles. The first-order valence-corrected chi connectivity index (χ1v) is 8.80. The molecule has 3 N–H and O–H groups in total. The molecule has 0 radical (unpaired) electrons. The number of hydrogen-bond acceptors (Lipinski definition) is 4. The summed E-state index contributed by atoms with van der Waals surface area (Å²) in [6.45, 7) is 1.43. The molecule has 1 heterocycles. The third kappa shape index (κ3) is 4.39. The fourth-order valence-corrected chi connectivity index (χ4v) is 3.00. The second kappa shape index (κ2) is 8.29. The number of aliphatic hydroxyl groups is 1. The van der Waals surface area contributed by atoms with E-state index in [1.807, 2.05) is 24.3 Å². The standard InChI is InChI=1S/C20H23FN2O3/c21-19-6-5-17(26-16-3-1-14(2-4-16)7-10-22)13-18(19)20(25)23-11-8-15(24)9-12-23/h1-6,13,15,24H,7-12,22H2. The van der Waals surface area contributed by atoms with Crippen LogP contribution in [0.5, 0.6) is 11.5 Å². The number of aliphatic hydroxyl groups excluding tert-OH is 1. The smallest absolute Gasteiger partial charge is 0.256 e. The van der Waals surface area contributed by atoms with Gasteiger partial charge in [0.25, 0.3) is 5.91 Å². The maximum atomic E-state index is 14.2. The van der Waals surface area contributed by atoms with Crippen LogP contribution in [-0.4, -0.2) is 41.7 Å². The lowest BCUT2D eigenvalue weighted by Crippen LogP contribution is -2.40. The highest BCUT2D eigenvalue weighted by Crippen LogP contribution is 2.25. The first-order valence-electron chi connectivity index (χ1n) is 8.80. The Morgan fingerprint density at radius 3 is 2.46 bits per heavy atom. The molecule has 1 aliphatic rings. The summed E-state index contributed by atoms with van der Waals surface area (Å²) in [6.07, 6.45) is 1.43. The number of ether oxygens (including phenoxy) is 1. The first kappa shape index (κ1) is 18.4. The first-order chi connectivity index (χ1) is 12.6. The van der Waals surface area contributed by atoms with Crippen LogP contribution in [0.1, 0.15) is 28.8 Å². The van der Waals surface area contributed by atoms with E-state index in [1.54, 1.807) is 4.90 Å². The fraction of sp³-hybridized carbons (Fsp3) is 0.350. The molecule has 6 heteroatoms. The van der Waals surface area contributed by atoms with Gasteiger partial charge in [0.1, 0.15) is 17.3 Å². The third-order valence-electron chi connectivity index (χ3n) is 4.51. The second-order valence-corrected chi connectivity index (χ2v) is 6.45. The number of halogens is 1. The highest BCUT2D eigenvalue weighted by atomic mass is 19.1. The summed E-state index contributed by atoms with van der Waals surface area (Å²) in [7, 11) is 0. The molecule has 3 rings (SSSR count). The van der Waals surface area contributed by atoms with Crippen LogP contribution >= 0.6 is 0 Å². The minimum atomic E-state index is -0.577. The number of piperidine rings is 1. The number of hydrogen-bond donors (Lipinski definition) is 2. The molecule has 0 atom stereocenters. The highest BCUT2D eigenvalue weighted by molar-refractivity contribution is 5.95. The van der Waals surface area contributed by atoms with Crippen LogP contribution in [0.4, 0.5) is 4.39 Å². The van der Waals surface area contributed by atoms with E-state index in [0.717, 1.165) is 12.0 Å². The van der Waals surface area contributed by atoms with Gasteiger partial charge >= 0.3 is 0 Å². The zero-order chi connectivity index (χ0) is 18.5. The molecule has 0 aliphatic carbocycles. The van der Waals surface area contributed by atoms with Crippen molar-refractivity contribution in [3.05, 3.63) is 59.4 Å². The van der Waals surface area contributed by atoms with Crippen LogP contribution in [-0.2, 0) is 6.42 Å². The molecule has 2 aromatic rings. The Morgan fingerprint density at radius 1 is 1.15 bits per heavy atom. The molecule has 0 bridgehead atoms. The van der Waals surface area contributed by atoms with Gasteiger partial charge in [-0.2, -0.15) is 0 Å². The quantitative estimate of drug-likeness (QED) is 0.862. The number of carbonyl (C=O) groups is 1. The summed E-state index contributed by atoms with van der Waals surface area (Å²) < 4.78 is 19.9. The monoisotopic (exact) mass is 358 g/mol. The van der Waals surface area contributed by atoms with Gasteiger partial charge in [-0.1, -0.05) is 12.1 Å². The van der Waals surface area contributed by atoms with Crippen molar-refractivity contribution < 1.29 is 19.0 Å². The fourth-order valence-electron chi connectivity index (χ4n) is 3.00. The van der Waals surface area contributed by atoms with Gasteiger partial charge in [-0.25, -0.2) is 4.39 Å². The van der Waals surface area contributed by atoms with E-state index < -0.39 is 5.82 Å². The minimum absolute atomic E-state index is 0.0151. The van der Waals surface area contributed by atoms with Gasteiger partial charge in [0, 0.05) is 13.1 Å². The van der Waals surface area contributed by atoms with Crippen LogP contribution in [0.15, 0.2) is 42.5 Å². The van der Waals surface area contributed by atoms with Crippen molar-refractivity contribution in [2.75, 3.05) is 19.6 Å². The summed E-state index contributed by atoms with van der Waals surface area (Å²) in [5, 5.41) is 9.56. The molecular formula is C20H23FN2O3. The highest BCUT2D eigenvalue weighted by Gasteiger charge is 2.24. The van der Waals surface area contributed by atoms with E-state index in [4.69, 9.17) is 10.5 Å². The van der Waals surface area contributed by atoms with Crippen LogP contribution in [0.25, 0.3) is 0 Å². The lowest BCUT2D eigenvalue weighted by molar-refractivity contribution is 0.0542. The van der Waals surface area contributed by atoms with E-state index in [0.29, 0.717) is 44.0 Å². The van der Waals surface area contributed by atoms with Gasteiger partial charge in [0.2, 0.25) is 0 Å². The third-order valence-corrected chi connectivity index (χ3v) is 4.51. The molecule has 0 spiro atoms. The normalized spacial score (nSPS) is 15.1. The Balaban J connectivity index is 1.73. The van der Waals surface area contributed by atoms with Gasteiger partial charge in [-0.3, -0.25) is 4.79 Å². The zero-order valence-corrected chi connectivity index (χ0v) is 14.5. The Bertz CT molecular complexity index is 756. The molecule has 0 aromatic heterocycles. The van der Waals surface area contributed by atoms with Crippen molar-refractivity contribution in [2.45, 2.75) is 25.4 Å². The van der Waals surface area contributed by atoms with Crippen molar-refractivity contribution in [3.8, 4) is 11.5 Å². The predicted molar refractivity (Wildman–Crippen MR) is 96.8 cm³/mol. The molecular weight excluding hydrogens is 335 g/mol. The van der Waals surface area contributed by atoms with E-state index in [2.05, 4.69) is 0 Å². The van der Waals surface area contributed by atoms with Crippen molar-refractivity contribution in [1.29, 1.82) is 0 Å². The summed E-state index contributed by atoms with van der Waals surface area (Å²) in [4.78, 5) is 14.2. The molecule has 0 unspecified atom stereocenters. The molecule has 26 heavy (non-hydrogen) atoms. The Morgan fingerprint density at radius 2 is 1.81 bits per heavy atom. The molecule has 2 aromatic carbocycles. The zero-order valence-electron chi connectivity index (χ0n) is 14.5. The number of rotatable bonds is 5. The number of nitrogens with two attached hydrogens (primary N) is 1. The lowest BCUT2D eigenvalue weighted by Gasteiger charge is -2.29. The second-order valence-electron chi connectivity index (χ2n) is 6.45. The molecule has 1 fully saturated rings. The van der Waals surface area contributed by atoms with Gasteiger partial charge in [-0.05, 0) is 61.7 Å². The molecule has 0 saturated carbocycles. The van der Waals surface area contributed by atoms with Gasteiger partial charge in [0.05, 0.1) is 11.7 Å². The van der Waals surface area contributed by atoms with Gasteiger partial charge < -0.3 is 20.5 Å². The Labute approximate surface area is 152 Å². The number of nitrogens with zero attached hydrogens (tertiary/aromatic N) is 1. The molecule has 1 aliphatic heterocycles. The van der Waals surface area contributed by atoms with E-state index in [1.165, 1.54) is 18.2 Å². The Kier molecular flexibility index (Phi) is 5.85. The van der Waals surface area contributed by atoms with Gasteiger partial charge in [-0.15, -0.1) is 0 Å². The molecule has 138 valence electrons. The van der Waals surface area contributed by atoms with Crippen molar-refractivity contribution in [2.24, 2.45) is 5.73 Å². The molecule has 5 nitrogen and oxygen atoms in total. The van der Waals surface area contributed by atoms with Crippen molar-refractivity contribution in [3.63, 3.8) is 0 Å². The summed E-state index contributed by atoms with van der Waals surface area (Å²) in [5.41, 5.74) is 6.63. The number of carbonyl (C=O) groups excluding carboxylic acids is 1. The Hall–Kier alpha value is -2.44. The van der Waals surface area contributed by atoms with Crippen molar-refractivity contribution in [1.82, 2.24) is 4.90 Å². The largest absolute Gasteiger partial charge is 0.457 e. The number of amides is 1. The maximum Gasteiger partial charge on any atom is 0.256 e.